The highest BCUT2D eigenvalue weighted by Gasteiger charge is 2.30. The molecule has 0 saturated carbocycles. The van der Waals surface area contributed by atoms with E-state index in [1.165, 1.54) is 0 Å². The van der Waals surface area contributed by atoms with Crippen LogP contribution in [0.3, 0.4) is 0 Å². The van der Waals surface area contributed by atoms with Crippen molar-refractivity contribution in [2.24, 2.45) is 0 Å². The van der Waals surface area contributed by atoms with Gasteiger partial charge in [-0.25, -0.2) is 13.4 Å². The summed E-state index contributed by atoms with van der Waals surface area (Å²) in [5.74, 6) is 0.476. The Morgan fingerprint density at radius 2 is 2.24 bits per heavy atom. The minimum Gasteiger partial charge on any atom is -0.290 e. The molecular weight excluding hydrogens is 260 g/mol. The monoisotopic (exact) mass is 270 g/mol. The van der Waals surface area contributed by atoms with E-state index in [1.807, 2.05) is 18.3 Å². The van der Waals surface area contributed by atoms with Crippen LogP contribution in [0.1, 0.15) is 18.0 Å². The van der Waals surface area contributed by atoms with E-state index in [0.717, 1.165) is 11.3 Å². The van der Waals surface area contributed by atoms with Crippen LogP contribution in [0.15, 0.2) is 24.4 Å². The maximum Gasteiger partial charge on any atom is 0.151 e. The summed E-state index contributed by atoms with van der Waals surface area (Å²) in [6, 6.07) is 5.48. The first-order valence-electron chi connectivity index (χ1n) is 5.39. The third kappa shape index (κ3) is 1.93. The Morgan fingerprint density at radius 1 is 1.41 bits per heavy atom. The van der Waals surface area contributed by atoms with E-state index in [4.69, 9.17) is 11.6 Å². The van der Waals surface area contributed by atoms with E-state index in [2.05, 4.69) is 4.98 Å². The summed E-state index contributed by atoms with van der Waals surface area (Å²) in [5.41, 5.74) is 1.58. The van der Waals surface area contributed by atoms with Gasteiger partial charge < -0.3 is 0 Å². The topological polar surface area (TPSA) is 51.4 Å². The largest absolute Gasteiger partial charge is 0.290 e. The van der Waals surface area contributed by atoms with Gasteiger partial charge in [0.05, 0.1) is 17.2 Å². The molecule has 1 fully saturated rings. The highest BCUT2D eigenvalue weighted by Crippen LogP contribution is 2.29. The van der Waals surface area contributed by atoms with Crippen molar-refractivity contribution in [1.29, 1.82) is 0 Å². The maximum atomic E-state index is 11.4. The molecule has 3 rings (SSSR count). The molecule has 1 aliphatic rings. The zero-order valence-electron chi connectivity index (χ0n) is 9.01. The standard InChI is InChI=1S/C11H11ClN2O2S/c12-10-2-1-3-11-13-9(6-14(10)11)8-4-5-17(15,16)7-8/h1-3,6,8H,4-5,7H2. The maximum absolute atomic E-state index is 11.4. The average Bonchev–Trinajstić information content (AvgIpc) is 2.82. The van der Waals surface area contributed by atoms with Gasteiger partial charge in [-0.05, 0) is 18.6 Å². The van der Waals surface area contributed by atoms with E-state index < -0.39 is 9.84 Å². The molecule has 0 spiro atoms. The Hall–Kier alpha value is -1.07. The first kappa shape index (κ1) is 11.0. The number of hydrogen-bond acceptors (Lipinski definition) is 3. The number of nitrogens with zero attached hydrogens (tertiary/aromatic N) is 2. The van der Waals surface area contributed by atoms with Gasteiger partial charge in [0.2, 0.25) is 0 Å². The molecular formula is C11H11ClN2O2S. The fourth-order valence-electron chi connectivity index (χ4n) is 2.22. The molecule has 0 bridgehead atoms. The van der Waals surface area contributed by atoms with Crippen LogP contribution in [0.5, 0.6) is 0 Å². The summed E-state index contributed by atoms with van der Waals surface area (Å²) >= 11 is 6.04. The Bertz CT molecular complexity index is 678. The molecule has 1 unspecified atom stereocenters. The molecule has 0 radical (unpaired) electrons. The number of hydrogen-bond donors (Lipinski definition) is 0. The Labute approximate surface area is 104 Å². The fraction of sp³-hybridized carbons (Fsp3) is 0.364. The number of aromatic nitrogens is 2. The van der Waals surface area contributed by atoms with Crippen molar-refractivity contribution < 1.29 is 8.42 Å². The van der Waals surface area contributed by atoms with Gasteiger partial charge in [-0.2, -0.15) is 0 Å². The molecule has 0 amide bonds. The van der Waals surface area contributed by atoms with E-state index >= 15 is 0 Å². The Balaban J connectivity index is 2.05. The number of imidazole rings is 1. The van der Waals surface area contributed by atoms with Crippen LogP contribution in [0, 0.1) is 0 Å². The molecule has 17 heavy (non-hydrogen) atoms. The molecule has 1 atom stereocenters. The number of halogens is 1. The minimum atomic E-state index is -2.87. The second kappa shape index (κ2) is 3.71. The van der Waals surface area contributed by atoms with Crippen LogP contribution in [0.25, 0.3) is 5.65 Å². The summed E-state index contributed by atoms with van der Waals surface area (Å²) in [6.45, 7) is 0. The molecule has 0 aromatic carbocycles. The summed E-state index contributed by atoms with van der Waals surface area (Å²) in [6.07, 6.45) is 2.49. The predicted molar refractivity (Wildman–Crippen MR) is 66.2 cm³/mol. The first-order valence-corrected chi connectivity index (χ1v) is 7.59. The van der Waals surface area contributed by atoms with Crippen LogP contribution in [-0.2, 0) is 9.84 Å². The van der Waals surface area contributed by atoms with Crippen LogP contribution < -0.4 is 0 Å². The van der Waals surface area contributed by atoms with Crippen molar-refractivity contribution in [1.82, 2.24) is 9.38 Å². The lowest BCUT2D eigenvalue weighted by Crippen LogP contribution is -2.03. The lowest BCUT2D eigenvalue weighted by Gasteiger charge is -2.00. The molecule has 2 aromatic heterocycles. The number of pyridine rings is 1. The summed E-state index contributed by atoms with van der Waals surface area (Å²) < 4.78 is 24.7. The molecule has 0 aliphatic carbocycles. The molecule has 1 aliphatic heterocycles. The van der Waals surface area contributed by atoms with Crippen molar-refractivity contribution in [3.05, 3.63) is 35.2 Å². The molecule has 3 heterocycles. The molecule has 6 heteroatoms. The normalized spacial score (nSPS) is 23.2. The minimum absolute atomic E-state index is 0.0102. The SMILES string of the molecule is O=S1(=O)CCC(c2cn3c(Cl)cccc3n2)C1. The number of rotatable bonds is 1. The molecule has 90 valence electrons. The highest BCUT2D eigenvalue weighted by molar-refractivity contribution is 7.91. The summed E-state index contributed by atoms with van der Waals surface area (Å²) in [5, 5.41) is 0.585. The highest BCUT2D eigenvalue weighted by atomic mass is 35.5. The van der Waals surface area contributed by atoms with E-state index in [9.17, 15) is 8.42 Å². The van der Waals surface area contributed by atoms with Crippen LogP contribution in [-0.4, -0.2) is 29.3 Å². The van der Waals surface area contributed by atoms with Crippen molar-refractivity contribution in [2.75, 3.05) is 11.5 Å². The van der Waals surface area contributed by atoms with Crippen LogP contribution in [0.2, 0.25) is 5.15 Å². The second-order valence-electron chi connectivity index (χ2n) is 4.34. The third-order valence-electron chi connectivity index (χ3n) is 3.11. The first-order chi connectivity index (χ1) is 8.05. The summed E-state index contributed by atoms with van der Waals surface area (Å²) in [7, 11) is -2.87. The fourth-order valence-corrected chi connectivity index (χ4v) is 4.19. The van der Waals surface area contributed by atoms with Gasteiger partial charge in [-0.15, -0.1) is 0 Å². The average molecular weight is 271 g/mol. The smallest absolute Gasteiger partial charge is 0.151 e. The zero-order valence-corrected chi connectivity index (χ0v) is 10.6. The lowest BCUT2D eigenvalue weighted by molar-refractivity contribution is 0.601. The number of fused-ring (bicyclic) bond motifs is 1. The van der Waals surface area contributed by atoms with Gasteiger partial charge in [0.15, 0.2) is 9.84 Å². The van der Waals surface area contributed by atoms with E-state index in [1.54, 1.807) is 10.5 Å². The van der Waals surface area contributed by atoms with Gasteiger partial charge in [-0.3, -0.25) is 4.40 Å². The van der Waals surface area contributed by atoms with Gasteiger partial charge >= 0.3 is 0 Å². The van der Waals surface area contributed by atoms with Crippen LogP contribution in [0.4, 0.5) is 0 Å². The zero-order chi connectivity index (χ0) is 12.0. The number of sulfone groups is 1. The van der Waals surface area contributed by atoms with E-state index in [0.29, 0.717) is 11.6 Å². The van der Waals surface area contributed by atoms with Crippen LogP contribution >= 0.6 is 11.6 Å². The quantitative estimate of drug-likeness (QED) is 0.744. The van der Waals surface area contributed by atoms with Crippen molar-refractivity contribution in [3.63, 3.8) is 0 Å². The molecule has 1 saturated heterocycles. The molecule has 4 nitrogen and oxygen atoms in total. The Kier molecular flexibility index (Phi) is 2.41. The van der Waals surface area contributed by atoms with E-state index in [-0.39, 0.29) is 17.4 Å². The lowest BCUT2D eigenvalue weighted by atomic mass is 10.1. The Morgan fingerprint density at radius 3 is 2.88 bits per heavy atom. The van der Waals surface area contributed by atoms with Gasteiger partial charge in [-0.1, -0.05) is 17.7 Å². The van der Waals surface area contributed by atoms with Gasteiger partial charge in [0.25, 0.3) is 0 Å². The summed E-state index contributed by atoms with van der Waals surface area (Å²) in [4.78, 5) is 4.44. The van der Waals surface area contributed by atoms with Crippen molar-refractivity contribution >= 4 is 27.1 Å². The van der Waals surface area contributed by atoms with Crippen molar-refractivity contribution in [3.8, 4) is 0 Å². The van der Waals surface area contributed by atoms with Crippen molar-refractivity contribution in [2.45, 2.75) is 12.3 Å². The second-order valence-corrected chi connectivity index (χ2v) is 6.96. The van der Waals surface area contributed by atoms with Gasteiger partial charge in [0, 0.05) is 12.1 Å². The third-order valence-corrected chi connectivity index (χ3v) is 5.19. The van der Waals surface area contributed by atoms with Gasteiger partial charge in [0.1, 0.15) is 10.8 Å². The molecule has 0 N–H and O–H groups in total. The predicted octanol–water partition coefficient (Wildman–Crippen LogP) is 1.89. The molecule has 2 aromatic rings.